The second kappa shape index (κ2) is 3.90. The first-order valence-electron chi connectivity index (χ1n) is 5.12. The summed E-state index contributed by atoms with van der Waals surface area (Å²) in [5, 5.41) is 15.3. The van der Waals surface area contributed by atoms with Crippen LogP contribution in [0.3, 0.4) is 0 Å². The molecule has 0 bridgehead atoms. The van der Waals surface area contributed by atoms with Crippen LogP contribution in [0.4, 0.5) is 0 Å². The van der Waals surface area contributed by atoms with Crippen molar-refractivity contribution in [2.75, 3.05) is 0 Å². The predicted molar refractivity (Wildman–Crippen MR) is 60.6 cm³/mol. The van der Waals surface area contributed by atoms with E-state index < -0.39 is 11.5 Å². The van der Waals surface area contributed by atoms with Crippen LogP contribution in [0.15, 0.2) is 16.8 Å². The van der Waals surface area contributed by atoms with E-state index in [1.54, 1.807) is 23.8 Å². The monoisotopic (exact) mass is 239 g/mol. The highest BCUT2D eigenvalue weighted by Crippen LogP contribution is 2.39. The summed E-state index contributed by atoms with van der Waals surface area (Å²) < 4.78 is 0. The van der Waals surface area contributed by atoms with Gasteiger partial charge in [0.05, 0.1) is 5.56 Å². The van der Waals surface area contributed by atoms with Crippen LogP contribution in [0.5, 0.6) is 0 Å². The zero-order chi connectivity index (χ0) is 11.8. The first-order chi connectivity index (χ1) is 7.54. The fourth-order valence-electron chi connectivity index (χ4n) is 1.69. The molecule has 0 saturated heterocycles. The van der Waals surface area contributed by atoms with Gasteiger partial charge in [-0.25, -0.2) is 4.79 Å². The maximum Gasteiger partial charge on any atom is 0.329 e. The molecule has 2 rings (SSSR count). The Morgan fingerprint density at radius 2 is 2.25 bits per heavy atom. The Labute approximate surface area is 97.3 Å². The summed E-state index contributed by atoms with van der Waals surface area (Å²) in [6.45, 7) is 1.58. The smallest absolute Gasteiger partial charge is 0.329 e. The molecule has 4 nitrogen and oxygen atoms in total. The number of thiophene rings is 1. The normalized spacial score (nSPS) is 18.8. The molecule has 5 heteroatoms. The average molecular weight is 239 g/mol. The highest BCUT2D eigenvalue weighted by Gasteiger charge is 2.48. The number of aliphatic carboxylic acids is 1. The number of nitrogens with one attached hydrogen (secondary N) is 1. The third kappa shape index (κ3) is 1.95. The van der Waals surface area contributed by atoms with Crippen LogP contribution in [-0.2, 0) is 4.79 Å². The van der Waals surface area contributed by atoms with E-state index in [9.17, 15) is 14.7 Å². The highest BCUT2D eigenvalue weighted by atomic mass is 32.1. The van der Waals surface area contributed by atoms with Crippen LogP contribution in [0.1, 0.15) is 30.1 Å². The SMILES string of the molecule is CC(NC(=O)c1ccsc1)(C(=O)O)C1CC1. The first-order valence-corrected chi connectivity index (χ1v) is 6.06. The molecule has 1 saturated carbocycles. The number of carboxylic acid groups (broad SMARTS) is 1. The molecule has 1 atom stereocenters. The van der Waals surface area contributed by atoms with Gasteiger partial charge in [-0.1, -0.05) is 0 Å². The molecule has 0 aliphatic heterocycles. The van der Waals surface area contributed by atoms with Gasteiger partial charge < -0.3 is 10.4 Å². The van der Waals surface area contributed by atoms with Crippen molar-refractivity contribution in [3.63, 3.8) is 0 Å². The summed E-state index contributed by atoms with van der Waals surface area (Å²) in [4.78, 5) is 23.0. The molecule has 1 aliphatic rings. The maximum atomic E-state index is 11.8. The molecule has 1 heterocycles. The fourth-order valence-corrected chi connectivity index (χ4v) is 2.33. The number of hydrogen-bond acceptors (Lipinski definition) is 3. The van der Waals surface area contributed by atoms with Crippen molar-refractivity contribution in [1.82, 2.24) is 5.32 Å². The summed E-state index contributed by atoms with van der Waals surface area (Å²) in [5.74, 6) is -1.20. The molecular weight excluding hydrogens is 226 g/mol. The van der Waals surface area contributed by atoms with Crippen LogP contribution in [0.25, 0.3) is 0 Å². The molecule has 16 heavy (non-hydrogen) atoms. The second-order valence-corrected chi connectivity index (χ2v) is 5.03. The van der Waals surface area contributed by atoms with Gasteiger partial charge in [0.25, 0.3) is 5.91 Å². The standard InChI is InChI=1S/C11H13NO3S/c1-11(10(14)15,8-2-3-8)12-9(13)7-4-5-16-6-7/h4-6,8H,2-3H2,1H3,(H,12,13)(H,14,15). The van der Waals surface area contributed by atoms with Gasteiger partial charge in [-0.15, -0.1) is 0 Å². The Bertz CT molecular complexity index is 411. The number of carbonyl (C=O) groups excluding carboxylic acids is 1. The number of rotatable bonds is 4. The van der Waals surface area contributed by atoms with Crippen LogP contribution in [0.2, 0.25) is 0 Å². The third-order valence-corrected chi connectivity index (χ3v) is 3.68. The third-order valence-electron chi connectivity index (χ3n) is 2.99. The lowest BCUT2D eigenvalue weighted by Crippen LogP contribution is -2.53. The van der Waals surface area contributed by atoms with E-state index in [1.807, 2.05) is 0 Å². The van der Waals surface area contributed by atoms with Gasteiger partial charge >= 0.3 is 5.97 Å². The number of amides is 1. The van der Waals surface area contributed by atoms with E-state index in [0.717, 1.165) is 12.8 Å². The molecule has 1 aromatic heterocycles. The minimum atomic E-state index is -1.13. The Hall–Kier alpha value is -1.36. The Kier molecular flexibility index (Phi) is 2.71. The predicted octanol–water partition coefficient (Wildman–Crippen LogP) is 1.73. The van der Waals surface area contributed by atoms with Crippen molar-refractivity contribution >= 4 is 23.2 Å². The molecule has 86 valence electrons. The van der Waals surface area contributed by atoms with Gasteiger partial charge in [-0.2, -0.15) is 11.3 Å². The Morgan fingerprint density at radius 3 is 2.69 bits per heavy atom. The molecule has 2 N–H and O–H groups in total. The lowest BCUT2D eigenvalue weighted by atomic mass is 9.95. The Balaban J connectivity index is 2.12. The van der Waals surface area contributed by atoms with Crippen molar-refractivity contribution in [3.05, 3.63) is 22.4 Å². The molecule has 1 fully saturated rings. The summed E-state index contributed by atoms with van der Waals surface area (Å²) in [7, 11) is 0. The van der Waals surface area contributed by atoms with Gasteiger partial charge in [-0.3, -0.25) is 4.79 Å². The zero-order valence-corrected chi connectivity index (χ0v) is 9.71. The zero-order valence-electron chi connectivity index (χ0n) is 8.90. The molecule has 1 aromatic rings. The molecule has 1 aliphatic carbocycles. The van der Waals surface area contributed by atoms with E-state index in [2.05, 4.69) is 5.32 Å². The molecule has 0 radical (unpaired) electrons. The average Bonchev–Trinajstić information content (AvgIpc) is 2.94. The molecule has 1 unspecified atom stereocenters. The van der Waals surface area contributed by atoms with E-state index >= 15 is 0 Å². The lowest BCUT2D eigenvalue weighted by Gasteiger charge is -2.25. The van der Waals surface area contributed by atoms with Crippen molar-refractivity contribution in [2.45, 2.75) is 25.3 Å². The van der Waals surface area contributed by atoms with Crippen LogP contribution >= 0.6 is 11.3 Å². The Morgan fingerprint density at radius 1 is 1.56 bits per heavy atom. The van der Waals surface area contributed by atoms with Crippen LogP contribution in [-0.4, -0.2) is 22.5 Å². The first kappa shape index (κ1) is 11.1. The van der Waals surface area contributed by atoms with Gasteiger partial charge in [0.1, 0.15) is 5.54 Å². The van der Waals surface area contributed by atoms with Gasteiger partial charge in [0.2, 0.25) is 0 Å². The number of carbonyl (C=O) groups is 2. The molecular formula is C11H13NO3S. The van der Waals surface area contributed by atoms with E-state index in [-0.39, 0.29) is 11.8 Å². The second-order valence-electron chi connectivity index (χ2n) is 4.25. The van der Waals surface area contributed by atoms with Crippen molar-refractivity contribution in [3.8, 4) is 0 Å². The largest absolute Gasteiger partial charge is 0.480 e. The maximum absolute atomic E-state index is 11.8. The quantitative estimate of drug-likeness (QED) is 0.841. The molecule has 0 spiro atoms. The fraction of sp³-hybridized carbons (Fsp3) is 0.455. The highest BCUT2D eigenvalue weighted by molar-refractivity contribution is 7.08. The van der Waals surface area contributed by atoms with Crippen LogP contribution < -0.4 is 5.32 Å². The van der Waals surface area contributed by atoms with Gasteiger partial charge in [0.15, 0.2) is 0 Å². The number of carboxylic acids is 1. The van der Waals surface area contributed by atoms with Gasteiger partial charge in [-0.05, 0) is 37.1 Å². The van der Waals surface area contributed by atoms with E-state index in [0.29, 0.717) is 5.56 Å². The topological polar surface area (TPSA) is 66.4 Å². The van der Waals surface area contributed by atoms with Crippen molar-refractivity contribution in [1.29, 1.82) is 0 Å². The lowest BCUT2D eigenvalue weighted by molar-refractivity contribution is -0.144. The number of hydrogen-bond donors (Lipinski definition) is 2. The summed E-state index contributed by atoms with van der Waals surface area (Å²) in [6.07, 6.45) is 1.74. The summed E-state index contributed by atoms with van der Waals surface area (Å²) in [6, 6.07) is 1.69. The van der Waals surface area contributed by atoms with Gasteiger partial charge in [0, 0.05) is 5.38 Å². The van der Waals surface area contributed by atoms with E-state index in [4.69, 9.17) is 0 Å². The van der Waals surface area contributed by atoms with E-state index in [1.165, 1.54) is 11.3 Å². The van der Waals surface area contributed by atoms with Crippen LogP contribution in [0, 0.1) is 5.92 Å². The molecule has 0 aromatic carbocycles. The minimum Gasteiger partial charge on any atom is -0.480 e. The summed E-state index contributed by atoms with van der Waals surface area (Å²) in [5.41, 5.74) is -0.600. The summed E-state index contributed by atoms with van der Waals surface area (Å²) >= 11 is 1.42. The molecule has 1 amide bonds. The minimum absolute atomic E-state index is 0.0626. The van der Waals surface area contributed by atoms with Crippen molar-refractivity contribution in [2.24, 2.45) is 5.92 Å². The van der Waals surface area contributed by atoms with Crippen molar-refractivity contribution < 1.29 is 14.7 Å².